The fourth-order valence-electron chi connectivity index (χ4n) is 3.83. The van der Waals surface area contributed by atoms with Gasteiger partial charge < -0.3 is 10.1 Å². The van der Waals surface area contributed by atoms with Crippen molar-refractivity contribution in [3.05, 3.63) is 88.1 Å². The first kappa shape index (κ1) is 22.7. The van der Waals surface area contributed by atoms with Gasteiger partial charge in [0.1, 0.15) is 5.75 Å². The second-order valence-electron chi connectivity index (χ2n) is 7.82. The molecule has 0 aliphatic carbocycles. The molecule has 1 aromatic heterocycles. The molecule has 0 saturated carbocycles. The van der Waals surface area contributed by atoms with Crippen molar-refractivity contribution in [2.24, 2.45) is 5.10 Å². The number of ether oxygens (including phenoxy) is 1. The number of rotatable bonds is 9. The van der Waals surface area contributed by atoms with Crippen molar-refractivity contribution in [1.82, 2.24) is 10.3 Å². The van der Waals surface area contributed by atoms with Crippen LogP contribution in [0.4, 0.5) is 0 Å². The summed E-state index contributed by atoms with van der Waals surface area (Å²) in [7, 11) is 1.63. The zero-order valence-electron chi connectivity index (χ0n) is 18.6. The molecule has 0 fully saturated rings. The largest absolute Gasteiger partial charge is 0.497 e. The minimum Gasteiger partial charge on any atom is -0.497 e. The van der Waals surface area contributed by atoms with Gasteiger partial charge in [-0.3, -0.25) is 9.59 Å². The highest BCUT2D eigenvalue weighted by atomic mass is 32.1. The standard InChI is InChI=1S/C26H27N3O3S/c1-32-21-11-9-20(10-12-21)24-18-23(19-6-3-2-4-7-19)28-29(24)26(31)14-13-25(30)27-16-15-22-8-5-17-33-22/h2-12,17,24H,13-16,18H2,1H3,(H,27,30). The first-order valence-corrected chi connectivity index (χ1v) is 11.9. The van der Waals surface area contributed by atoms with Crippen molar-refractivity contribution in [2.75, 3.05) is 13.7 Å². The first-order chi connectivity index (χ1) is 16.1. The van der Waals surface area contributed by atoms with Crippen LogP contribution in [0.1, 0.15) is 41.3 Å². The highest BCUT2D eigenvalue weighted by Gasteiger charge is 2.33. The van der Waals surface area contributed by atoms with E-state index < -0.39 is 0 Å². The summed E-state index contributed by atoms with van der Waals surface area (Å²) in [5.74, 6) is 0.487. The zero-order valence-corrected chi connectivity index (χ0v) is 19.4. The van der Waals surface area contributed by atoms with Crippen molar-refractivity contribution < 1.29 is 14.3 Å². The van der Waals surface area contributed by atoms with Crippen LogP contribution in [0.3, 0.4) is 0 Å². The SMILES string of the molecule is COc1ccc(C2CC(c3ccccc3)=NN2C(=O)CCC(=O)NCCc2cccs2)cc1. The molecular weight excluding hydrogens is 434 g/mol. The van der Waals surface area contributed by atoms with Gasteiger partial charge in [0.2, 0.25) is 11.8 Å². The Morgan fingerprint density at radius 1 is 1.06 bits per heavy atom. The van der Waals surface area contributed by atoms with E-state index in [0.29, 0.717) is 13.0 Å². The second kappa shape index (κ2) is 10.9. The van der Waals surface area contributed by atoms with Gasteiger partial charge >= 0.3 is 0 Å². The topological polar surface area (TPSA) is 71.0 Å². The highest BCUT2D eigenvalue weighted by Crippen LogP contribution is 2.34. The van der Waals surface area contributed by atoms with Crippen LogP contribution in [-0.2, 0) is 16.0 Å². The summed E-state index contributed by atoms with van der Waals surface area (Å²) < 4.78 is 5.26. The van der Waals surface area contributed by atoms with Gasteiger partial charge in [0.25, 0.3) is 0 Å². The molecule has 2 aromatic carbocycles. The van der Waals surface area contributed by atoms with Crippen LogP contribution in [0.5, 0.6) is 5.75 Å². The third-order valence-corrected chi connectivity index (χ3v) is 6.55. The average Bonchev–Trinajstić information content (AvgIpc) is 3.54. The number of carbonyl (C=O) groups excluding carboxylic acids is 2. The molecule has 0 radical (unpaired) electrons. The predicted octanol–water partition coefficient (Wildman–Crippen LogP) is 4.57. The van der Waals surface area contributed by atoms with E-state index in [9.17, 15) is 9.59 Å². The summed E-state index contributed by atoms with van der Waals surface area (Å²) in [6, 6.07) is 21.4. The molecule has 170 valence electrons. The lowest BCUT2D eigenvalue weighted by atomic mass is 9.98. The number of nitrogens with one attached hydrogen (secondary N) is 1. The van der Waals surface area contributed by atoms with E-state index in [1.54, 1.807) is 23.5 Å². The number of methoxy groups -OCH3 is 1. The summed E-state index contributed by atoms with van der Waals surface area (Å²) in [5, 5.41) is 11.1. The van der Waals surface area contributed by atoms with Crippen LogP contribution in [0.25, 0.3) is 0 Å². The van der Waals surface area contributed by atoms with Crippen LogP contribution in [0, 0.1) is 0 Å². The Balaban J connectivity index is 1.41. The van der Waals surface area contributed by atoms with Gasteiger partial charge in [-0.25, -0.2) is 5.01 Å². The van der Waals surface area contributed by atoms with Gasteiger partial charge in [0.15, 0.2) is 0 Å². The third kappa shape index (κ3) is 5.87. The van der Waals surface area contributed by atoms with Crippen LogP contribution in [0.15, 0.2) is 77.2 Å². The minimum absolute atomic E-state index is 0.114. The predicted molar refractivity (Wildman–Crippen MR) is 130 cm³/mol. The Hall–Kier alpha value is -3.45. The summed E-state index contributed by atoms with van der Waals surface area (Å²) in [5.41, 5.74) is 2.85. The molecule has 6 nitrogen and oxygen atoms in total. The molecule has 4 rings (SSSR count). The van der Waals surface area contributed by atoms with Crippen LogP contribution < -0.4 is 10.1 Å². The molecule has 33 heavy (non-hydrogen) atoms. The van der Waals surface area contributed by atoms with E-state index in [4.69, 9.17) is 4.74 Å². The normalized spacial score (nSPS) is 15.2. The number of hydrogen-bond donors (Lipinski definition) is 1. The number of nitrogens with zero attached hydrogens (tertiary/aromatic N) is 2. The number of amides is 2. The van der Waals surface area contributed by atoms with Crippen LogP contribution >= 0.6 is 11.3 Å². The van der Waals surface area contributed by atoms with Crippen molar-refractivity contribution in [3.63, 3.8) is 0 Å². The van der Waals surface area contributed by atoms with E-state index in [-0.39, 0.29) is 30.7 Å². The molecule has 1 unspecified atom stereocenters. The summed E-state index contributed by atoms with van der Waals surface area (Å²) in [6.07, 6.45) is 1.68. The molecule has 0 bridgehead atoms. The molecule has 0 spiro atoms. The van der Waals surface area contributed by atoms with Gasteiger partial charge in [-0.05, 0) is 41.1 Å². The first-order valence-electron chi connectivity index (χ1n) is 11.0. The Morgan fingerprint density at radius 3 is 2.55 bits per heavy atom. The molecule has 7 heteroatoms. The van der Waals surface area contributed by atoms with E-state index in [1.807, 2.05) is 66.0 Å². The molecular formula is C26H27N3O3S. The van der Waals surface area contributed by atoms with Gasteiger partial charge in [0.05, 0.1) is 18.9 Å². The monoisotopic (exact) mass is 461 g/mol. The third-order valence-electron chi connectivity index (χ3n) is 5.61. The molecule has 2 heterocycles. The lowest BCUT2D eigenvalue weighted by molar-refractivity contribution is -0.135. The number of hydrazone groups is 1. The maximum Gasteiger partial charge on any atom is 0.243 e. The number of thiophene rings is 1. The van der Waals surface area contributed by atoms with Gasteiger partial charge in [0, 0.05) is 30.7 Å². The van der Waals surface area contributed by atoms with Crippen molar-refractivity contribution in [2.45, 2.75) is 31.7 Å². The molecule has 1 N–H and O–H groups in total. The van der Waals surface area contributed by atoms with Gasteiger partial charge in [-0.2, -0.15) is 5.10 Å². The Morgan fingerprint density at radius 2 is 1.85 bits per heavy atom. The van der Waals surface area contributed by atoms with Gasteiger partial charge in [-0.15, -0.1) is 11.3 Å². The van der Waals surface area contributed by atoms with Gasteiger partial charge in [-0.1, -0.05) is 48.5 Å². The summed E-state index contributed by atoms with van der Waals surface area (Å²) in [6.45, 7) is 0.571. The van der Waals surface area contributed by atoms with Crippen LogP contribution in [-0.4, -0.2) is 36.2 Å². The lowest BCUT2D eigenvalue weighted by Gasteiger charge is -2.22. The van der Waals surface area contributed by atoms with Crippen molar-refractivity contribution in [1.29, 1.82) is 0 Å². The molecule has 1 aliphatic rings. The fraction of sp³-hybridized carbons (Fsp3) is 0.269. The molecule has 1 aliphatic heterocycles. The van der Waals surface area contributed by atoms with E-state index in [1.165, 1.54) is 4.88 Å². The summed E-state index contributed by atoms with van der Waals surface area (Å²) >= 11 is 1.67. The molecule has 0 saturated heterocycles. The maximum atomic E-state index is 13.1. The minimum atomic E-state index is -0.208. The Bertz CT molecular complexity index is 1100. The molecule has 1 atom stereocenters. The number of benzene rings is 2. The van der Waals surface area contributed by atoms with Crippen molar-refractivity contribution in [3.8, 4) is 5.75 Å². The number of hydrogen-bond acceptors (Lipinski definition) is 5. The molecule has 2 amide bonds. The average molecular weight is 462 g/mol. The Labute approximate surface area is 197 Å². The highest BCUT2D eigenvalue weighted by molar-refractivity contribution is 7.09. The lowest BCUT2D eigenvalue weighted by Crippen LogP contribution is -2.30. The smallest absolute Gasteiger partial charge is 0.243 e. The number of carbonyl (C=O) groups is 2. The molecule has 3 aromatic rings. The fourth-order valence-corrected chi connectivity index (χ4v) is 4.54. The second-order valence-corrected chi connectivity index (χ2v) is 8.86. The summed E-state index contributed by atoms with van der Waals surface area (Å²) in [4.78, 5) is 26.6. The zero-order chi connectivity index (χ0) is 23.0. The van der Waals surface area contributed by atoms with E-state index >= 15 is 0 Å². The quantitative estimate of drug-likeness (QED) is 0.507. The van der Waals surface area contributed by atoms with E-state index in [2.05, 4.69) is 16.5 Å². The maximum absolute atomic E-state index is 13.1. The van der Waals surface area contributed by atoms with Crippen molar-refractivity contribution >= 4 is 28.9 Å². The van der Waals surface area contributed by atoms with Crippen LogP contribution in [0.2, 0.25) is 0 Å². The Kier molecular flexibility index (Phi) is 7.52. The van der Waals surface area contributed by atoms with E-state index in [0.717, 1.165) is 29.0 Å².